The smallest absolute Gasteiger partial charge is 0.416 e. The Bertz CT molecular complexity index is 1130. The van der Waals surface area contributed by atoms with Gasteiger partial charge in [-0.3, -0.25) is 9.69 Å². The number of alkyl halides is 3. The van der Waals surface area contributed by atoms with Crippen LogP contribution in [-0.4, -0.2) is 34.8 Å². The number of hydrogen-bond acceptors (Lipinski definition) is 4. The number of likely N-dealkylation sites (tertiary alicyclic amines) is 1. The number of aryl methyl sites for hydroxylation is 1. The van der Waals surface area contributed by atoms with Gasteiger partial charge >= 0.3 is 12.1 Å². The highest BCUT2D eigenvalue weighted by atomic mass is 19.4. The van der Waals surface area contributed by atoms with Crippen LogP contribution in [0.4, 0.5) is 13.2 Å². The van der Waals surface area contributed by atoms with Crippen LogP contribution in [0.3, 0.4) is 0 Å². The highest BCUT2D eigenvalue weighted by Crippen LogP contribution is 2.41. The summed E-state index contributed by atoms with van der Waals surface area (Å²) in [6.45, 7) is 5.78. The Hall–Kier alpha value is -2.87. The van der Waals surface area contributed by atoms with Crippen LogP contribution >= 0.6 is 0 Å². The lowest BCUT2D eigenvalue weighted by molar-refractivity contribution is -0.147. The van der Waals surface area contributed by atoms with Gasteiger partial charge < -0.3 is 9.94 Å². The maximum atomic E-state index is 13.9. The topological polar surface area (TPSA) is 62.1 Å². The van der Waals surface area contributed by atoms with Gasteiger partial charge in [-0.15, -0.1) is 0 Å². The number of oxime groups is 1. The second kappa shape index (κ2) is 11.7. The fourth-order valence-electron chi connectivity index (χ4n) is 5.40. The number of carbonyl (C=O) groups is 1. The number of aliphatic carboxylic acids is 1. The molecule has 8 heteroatoms. The van der Waals surface area contributed by atoms with E-state index in [0.29, 0.717) is 36.5 Å². The van der Waals surface area contributed by atoms with Crippen molar-refractivity contribution in [1.29, 1.82) is 0 Å². The molecule has 2 aromatic carbocycles. The van der Waals surface area contributed by atoms with E-state index in [1.807, 2.05) is 12.1 Å². The number of halogens is 3. The molecule has 2 aliphatic rings. The van der Waals surface area contributed by atoms with E-state index in [0.717, 1.165) is 55.2 Å². The van der Waals surface area contributed by atoms with Crippen LogP contribution in [0, 0.1) is 5.92 Å². The van der Waals surface area contributed by atoms with Crippen LogP contribution < -0.4 is 0 Å². The zero-order valence-electron chi connectivity index (χ0n) is 21.5. The molecule has 0 radical (unpaired) electrons. The molecule has 0 bridgehead atoms. The summed E-state index contributed by atoms with van der Waals surface area (Å²) in [7, 11) is 0. The van der Waals surface area contributed by atoms with Crippen LogP contribution in [0.2, 0.25) is 0 Å². The summed E-state index contributed by atoms with van der Waals surface area (Å²) < 4.78 is 41.7. The van der Waals surface area contributed by atoms with Gasteiger partial charge in [0.25, 0.3) is 0 Å². The molecular weight excluding hydrogens is 481 g/mol. The molecule has 2 aromatic rings. The van der Waals surface area contributed by atoms with E-state index in [4.69, 9.17) is 9.94 Å². The molecule has 1 heterocycles. The second-order valence-corrected chi connectivity index (χ2v) is 10.3. The molecule has 0 spiro atoms. The molecule has 0 amide bonds. The average Bonchev–Trinajstić information content (AvgIpc) is 2.85. The minimum atomic E-state index is -4.41. The molecule has 1 saturated heterocycles. The zero-order valence-corrected chi connectivity index (χ0v) is 21.5. The van der Waals surface area contributed by atoms with Crippen molar-refractivity contribution in [1.82, 2.24) is 4.90 Å². The summed E-state index contributed by atoms with van der Waals surface area (Å²) in [6, 6.07) is 10.6. The van der Waals surface area contributed by atoms with Crippen LogP contribution in [0.15, 0.2) is 41.6 Å². The molecule has 1 aliphatic carbocycles. The van der Waals surface area contributed by atoms with Crippen molar-refractivity contribution in [3.05, 3.63) is 69.8 Å². The summed E-state index contributed by atoms with van der Waals surface area (Å²) in [4.78, 5) is 18.7. The Kier molecular flexibility index (Phi) is 8.57. The van der Waals surface area contributed by atoms with Gasteiger partial charge in [0.15, 0.2) is 0 Å². The number of carboxylic acid groups (broad SMARTS) is 1. The van der Waals surface area contributed by atoms with E-state index in [1.165, 1.54) is 6.07 Å². The third-order valence-corrected chi connectivity index (χ3v) is 7.61. The SMILES string of the molecule is CCc1cc(CON=C(C)c2ccc(C3CCCCC3)c(C(F)(F)F)c2)ccc1CN1CC(C(=O)O)C1. The molecule has 37 heavy (non-hydrogen) atoms. The lowest BCUT2D eigenvalue weighted by atomic mass is 9.81. The van der Waals surface area contributed by atoms with E-state index in [1.54, 1.807) is 19.1 Å². The van der Waals surface area contributed by atoms with Crippen molar-refractivity contribution < 1.29 is 27.9 Å². The summed E-state index contributed by atoms with van der Waals surface area (Å²) in [6.07, 6.45) is 1.07. The third-order valence-electron chi connectivity index (χ3n) is 7.61. The van der Waals surface area contributed by atoms with Crippen molar-refractivity contribution in [3.63, 3.8) is 0 Å². The Morgan fingerprint density at radius 1 is 1.08 bits per heavy atom. The molecular formula is C29H35F3N2O3. The van der Waals surface area contributed by atoms with Crippen molar-refractivity contribution in [3.8, 4) is 0 Å². The van der Waals surface area contributed by atoms with Gasteiger partial charge in [0.05, 0.1) is 17.2 Å². The highest BCUT2D eigenvalue weighted by Gasteiger charge is 2.36. The largest absolute Gasteiger partial charge is 0.481 e. The van der Waals surface area contributed by atoms with Gasteiger partial charge in [-0.1, -0.05) is 61.7 Å². The predicted octanol–water partition coefficient (Wildman–Crippen LogP) is 6.77. The minimum Gasteiger partial charge on any atom is -0.481 e. The Balaban J connectivity index is 1.40. The Labute approximate surface area is 216 Å². The highest BCUT2D eigenvalue weighted by molar-refractivity contribution is 5.98. The van der Waals surface area contributed by atoms with Gasteiger partial charge in [0, 0.05) is 19.6 Å². The molecule has 2 fully saturated rings. The molecule has 200 valence electrons. The Morgan fingerprint density at radius 2 is 1.81 bits per heavy atom. The molecule has 5 nitrogen and oxygen atoms in total. The molecule has 1 saturated carbocycles. The van der Waals surface area contributed by atoms with E-state index in [2.05, 4.69) is 23.0 Å². The fourth-order valence-corrected chi connectivity index (χ4v) is 5.40. The first-order chi connectivity index (χ1) is 17.7. The normalized spacial score (nSPS) is 18.0. The van der Waals surface area contributed by atoms with E-state index >= 15 is 0 Å². The number of hydrogen-bond donors (Lipinski definition) is 1. The molecule has 0 atom stereocenters. The summed E-state index contributed by atoms with van der Waals surface area (Å²) in [5.41, 5.74) is 3.89. The van der Waals surface area contributed by atoms with Gasteiger partial charge in [0.2, 0.25) is 0 Å². The molecule has 0 aromatic heterocycles. The first-order valence-electron chi connectivity index (χ1n) is 13.1. The molecule has 1 aliphatic heterocycles. The summed E-state index contributed by atoms with van der Waals surface area (Å²) in [5.74, 6) is -1.07. The number of benzene rings is 2. The maximum Gasteiger partial charge on any atom is 0.416 e. The van der Waals surface area contributed by atoms with Crippen molar-refractivity contribution >= 4 is 11.7 Å². The lowest BCUT2D eigenvalue weighted by Crippen LogP contribution is -2.49. The van der Waals surface area contributed by atoms with Crippen LogP contribution in [0.5, 0.6) is 0 Å². The standard InChI is InChI=1S/C29H35F3N2O3/c1-3-21-13-20(9-10-24(21)15-34-16-25(17-34)28(35)36)18-37-33-19(2)23-11-12-26(22-7-5-4-6-8-22)27(14-23)29(30,31)32/h9-14,22,25H,3-8,15-18H2,1-2H3,(H,35,36). The minimum absolute atomic E-state index is 0.0386. The fraction of sp³-hybridized carbons (Fsp3) is 0.517. The van der Waals surface area contributed by atoms with Crippen molar-refractivity contribution in [2.45, 2.75) is 77.6 Å². The third kappa shape index (κ3) is 6.72. The van der Waals surface area contributed by atoms with Gasteiger partial charge in [0.1, 0.15) is 6.61 Å². The van der Waals surface area contributed by atoms with E-state index < -0.39 is 17.7 Å². The summed E-state index contributed by atoms with van der Waals surface area (Å²) >= 11 is 0. The maximum absolute atomic E-state index is 13.9. The zero-order chi connectivity index (χ0) is 26.6. The molecule has 0 unspecified atom stereocenters. The first-order valence-corrected chi connectivity index (χ1v) is 13.1. The van der Waals surface area contributed by atoms with Crippen LogP contribution in [0.1, 0.15) is 85.3 Å². The quantitative estimate of drug-likeness (QED) is 0.295. The average molecular weight is 517 g/mol. The lowest BCUT2D eigenvalue weighted by Gasteiger charge is -2.37. The Morgan fingerprint density at radius 3 is 2.46 bits per heavy atom. The van der Waals surface area contributed by atoms with Crippen LogP contribution in [0.25, 0.3) is 0 Å². The van der Waals surface area contributed by atoms with E-state index in [-0.39, 0.29) is 18.4 Å². The van der Waals surface area contributed by atoms with Crippen molar-refractivity contribution in [2.75, 3.05) is 13.1 Å². The van der Waals surface area contributed by atoms with Crippen LogP contribution in [-0.2, 0) is 35.4 Å². The number of carboxylic acids is 1. The summed E-state index contributed by atoms with van der Waals surface area (Å²) in [5, 5.41) is 13.2. The second-order valence-electron chi connectivity index (χ2n) is 10.3. The van der Waals surface area contributed by atoms with E-state index in [9.17, 15) is 18.0 Å². The number of rotatable bonds is 9. The molecule has 4 rings (SSSR count). The predicted molar refractivity (Wildman–Crippen MR) is 136 cm³/mol. The van der Waals surface area contributed by atoms with Gasteiger partial charge in [-0.2, -0.15) is 13.2 Å². The van der Waals surface area contributed by atoms with Gasteiger partial charge in [-0.05, 0) is 66.0 Å². The first kappa shape index (κ1) is 27.2. The van der Waals surface area contributed by atoms with Crippen molar-refractivity contribution in [2.24, 2.45) is 11.1 Å². The molecule has 1 N–H and O–H groups in total. The monoisotopic (exact) mass is 516 g/mol. The van der Waals surface area contributed by atoms with Gasteiger partial charge in [-0.25, -0.2) is 0 Å². The number of nitrogens with zero attached hydrogens (tertiary/aromatic N) is 2.